The lowest BCUT2D eigenvalue weighted by Crippen LogP contribution is -2.45. The Kier molecular flexibility index (Phi) is 7.67. The molecular weight excluding hydrogens is 234 g/mol. The maximum absolute atomic E-state index is 5.63. The van der Waals surface area contributed by atoms with Crippen molar-refractivity contribution < 1.29 is 4.28 Å². The zero-order chi connectivity index (χ0) is 13.6. The molecular formula is C12H29N3OS. The largest absolute Gasteiger partial charge is 0.315 e. The third kappa shape index (κ3) is 7.26. The van der Waals surface area contributed by atoms with Crippen LogP contribution in [0.25, 0.3) is 0 Å². The molecule has 5 heteroatoms. The first-order valence-corrected chi connectivity index (χ1v) is 6.84. The van der Waals surface area contributed by atoms with Crippen molar-refractivity contribution in [2.45, 2.75) is 46.7 Å². The van der Waals surface area contributed by atoms with Gasteiger partial charge in [0.2, 0.25) is 0 Å². The number of likely N-dealkylation sites (N-methyl/N-ethyl adjacent to an activating group) is 2. The predicted molar refractivity (Wildman–Crippen MR) is 76.5 cm³/mol. The molecule has 0 aromatic heterocycles. The fourth-order valence-electron chi connectivity index (χ4n) is 1.28. The first kappa shape index (κ1) is 17.2. The van der Waals surface area contributed by atoms with E-state index in [1.54, 1.807) is 0 Å². The van der Waals surface area contributed by atoms with Crippen LogP contribution in [0.2, 0.25) is 0 Å². The van der Waals surface area contributed by atoms with Gasteiger partial charge in [0.15, 0.2) is 0 Å². The highest BCUT2D eigenvalue weighted by Gasteiger charge is 2.24. The summed E-state index contributed by atoms with van der Waals surface area (Å²) in [6, 6.07) is 0.869. The van der Waals surface area contributed by atoms with Gasteiger partial charge in [-0.15, -0.1) is 0 Å². The molecule has 4 nitrogen and oxygen atoms in total. The van der Waals surface area contributed by atoms with E-state index in [4.69, 9.17) is 4.28 Å². The molecule has 17 heavy (non-hydrogen) atoms. The normalized spacial score (nSPS) is 15.0. The molecule has 1 atom stereocenters. The van der Waals surface area contributed by atoms with E-state index in [1.165, 1.54) is 12.2 Å². The van der Waals surface area contributed by atoms with E-state index in [-0.39, 0.29) is 5.41 Å². The van der Waals surface area contributed by atoms with Crippen molar-refractivity contribution >= 4 is 12.2 Å². The third-order valence-electron chi connectivity index (χ3n) is 2.84. The fraction of sp³-hybridized carbons (Fsp3) is 1.00. The van der Waals surface area contributed by atoms with Crippen LogP contribution in [0, 0.1) is 5.41 Å². The molecule has 1 N–H and O–H groups in total. The van der Waals surface area contributed by atoms with Gasteiger partial charge in [0.25, 0.3) is 0 Å². The molecule has 0 aliphatic heterocycles. The van der Waals surface area contributed by atoms with Gasteiger partial charge in [-0.3, -0.25) is 0 Å². The number of rotatable bonds is 7. The van der Waals surface area contributed by atoms with E-state index in [0.29, 0.717) is 12.1 Å². The maximum Gasteiger partial charge on any atom is 0.105 e. The molecule has 1 unspecified atom stereocenters. The molecule has 0 aliphatic carbocycles. The standard InChI is InChI=1S/C12H29N3OS/c1-10(2)15(8)17-16-14(7)9-11(13-6)12(3,4)5/h10-11,13H,9H2,1-8H3. The van der Waals surface area contributed by atoms with Crippen molar-refractivity contribution in [3.63, 3.8) is 0 Å². The molecule has 0 aromatic carbocycles. The summed E-state index contributed by atoms with van der Waals surface area (Å²) < 4.78 is 7.71. The van der Waals surface area contributed by atoms with Crippen molar-refractivity contribution in [2.75, 3.05) is 27.7 Å². The zero-order valence-corrected chi connectivity index (χ0v) is 13.4. The molecule has 0 rings (SSSR count). The molecule has 0 bridgehead atoms. The summed E-state index contributed by atoms with van der Waals surface area (Å²) in [5.74, 6) is 0. The van der Waals surface area contributed by atoms with Crippen LogP contribution < -0.4 is 5.32 Å². The summed E-state index contributed by atoms with van der Waals surface area (Å²) in [4.78, 5) is 0. The summed E-state index contributed by atoms with van der Waals surface area (Å²) in [6.07, 6.45) is 0. The second-order valence-electron chi connectivity index (χ2n) is 5.81. The minimum atomic E-state index is 0.223. The van der Waals surface area contributed by atoms with E-state index in [9.17, 15) is 0 Å². The van der Waals surface area contributed by atoms with Gasteiger partial charge in [-0.2, -0.15) is 5.06 Å². The summed E-state index contributed by atoms with van der Waals surface area (Å²) in [5, 5.41) is 5.22. The topological polar surface area (TPSA) is 27.7 Å². The van der Waals surface area contributed by atoms with Crippen LogP contribution in [0.15, 0.2) is 0 Å². The van der Waals surface area contributed by atoms with Crippen LogP contribution in [0.4, 0.5) is 0 Å². The summed E-state index contributed by atoms with van der Waals surface area (Å²) in [7, 11) is 6.00. The van der Waals surface area contributed by atoms with E-state index < -0.39 is 0 Å². The van der Waals surface area contributed by atoms with Gasteiger partial charge in [-0.05, 0) is 33.4 Å². The number of hydrogen-bond donors (Lipinski definition) is 1. The van der Waals surface area contributed by atoms with Gasteiger partial charge in [0.05, 0.1) is 0 Å². The van der Waals surface area contributed by atoms with E-state index in [0.717, 1.165) is 6.54 Å². The second-order valence-corrected chi connectivity index (χ2v) is 6.68. The molecule has 0 saturated carbocycles. The van der Waals surface area contributed by atoms with Gasteiger partial charge in [0, 0.05) is 25.7 Å². The van der Waals surface area contributed by atoms with Gasteiger partial charge >= 0.3 is 0 Å². The van der Waals surface area contributed by atoms with E-state index in [2.05, 4.69) is 44.2 Å². The van der Waals surface area contributed by atoms with Crippen molar-refractivity contribution in [1.29, 1.82) is 0 Å². The highest BCUT2D eigenvalue weighted by Crippen LogP contribution is 2.21. The van der Waals surface area contributed by atoms with Crippen molar-refractivity contribution in [3.05, 3.63) is 0 Å². The minimum absolute atomic E-state index is 0.223. The van der Waals surface area contributed by atoms with Crippen molar-refractivity contribution in [3.8, 4) is 0 Å². The van der Waals surface area contributed by atoms with Crippen LogP contribution in [0.5, 0.6) is 0 Å². The summed E-state index contributed by atoms with van der Waals surface area (Å²) >= 11 is 1.39. The highest BCUT2D eigenvalue weighted by molar-refractivity contribution is 7.92. The molecule has 0 fully saturated rings. The molecule has 104 valence electrons. The molecule has 0 saturated heterocycles. The SMILES string of the molecule is CNC(CN(C)OSN(C)C(C)C)C(C)(C)C. The Hall–Kier alpha value is 0.190. The lowest BCUT2D eigenvalue weighted by atomic mass is 9.87. The Balaban J connectivity index is 4.04. The Morgan fingerprint density at radius 3 is 2.12 bits per heavy atom. The Bertz CT molecular complexity index is 206. The third-order valence-corrected chi connectivity index (χ3v) is 3.82. The van der Waals surface area contributed by atoms with Gasteiger partial charge in [-0.25, -0.2) is 8.59 Å². The van der Waals surface area contributed by atoms with Gasteiger partial charge < -0.3 is 5.32 Å². The first-order valence-electron chi connectivity index (χ1n) is 6.14. The number of hydrogen-bond acceptors (Lipinski definition) is 5. The molecule has 0 aromatic rings. The van der Waals surface area contributed by atoms with Crippen molar-refractivity contribution in [2.24, 2.45) is 5.41 Å². The molecule has 0 aliphatic rings. The van der Waals surface area contributed by atoms with Gasteiger partial charge in [0.1, 0.15) is 12.2 Å². The smallest absolute Gasteiger partial charge is 0.105 e. The van der Waals surface area contributed by atoms with Crippen LogP contribution in [0.3, 0.4) is 0 Å². The Morgan fingerprint density at radius 1 is 1.24 bits per heavy atom. The molecule has 0 radical (unpaired) electrons. The van der Waals surface area contributed by atoms with E-state index in [1.807, 2.05) is 26.2 Å². The average molecular weight is 263 g/mol. The number of nitrogens with one attached hydrogen (secondary N) is 1. The predicted octanol–water partition coefficient (Wildman–Crippen LogP) is 2.39. The molecule has 0 heterocycles. The van der Waals surface area contributed by atoms with Crippen LogP contribution >= 0.6 is 12.2 Å². The second kappa shape index (κ2) is 7.59. The first-order chi connectivity index (χ1) is 7.68. The highest BCUT2D eigenvalue weighted by atomic mass is 32.2. The van der Waals surface area contributed by atoms with Gasteiger partial charge in [-0.1, -0.05) is 20.8 Å². The fourth-order valence-corrected chi connectivity index (χ4v) is 1.73. The average Bonchev–Trinajstić information content (AvgIpc) is 2.20. The maximum atomic E-state index is 5.63. The van der Waals surface area contributed by atoms with Crippen LogP contribution in [-0.2, 0) is 4.28 Å². The molecule has 0 amide bonds. The Labute approximate surface area is 111 Å². The lowest BCUT2D eigenvalue weighted by molar-refractivity contribution is -0.0316. The summed E-state index contributed by atoms with van der Waals surface area (Å²) in [5.41, 5.74) is 0.223. The quantitative estimate of drug-likeness (QED) is 0.432. The summed E-state index contributed by atoms with van der Waals surface area (Å²) in [6.45, 7) is 11.8. The Morgan fingerprint density at radius 2 is 1.76 bits per heavy atom. The lowest BCUT2D eigenvalue weighted by Gasteiger charge is -2.33. The van der Waals surface area contributed by atoms with Crippen LogP contribution in [-0.4, -0.2) is 49.1 Å². The van der Waals surface area contributed by atoms with Crippen LogP contribution in [0.1, 0.15) is 34.6 Å². The number of nitrogens with zero attached hydrogens (tertiary/aromatic N) is 2. The zero-order valence-electron chi connectivity index (χ0n) is 12.6. The minimum Gasteiger partial charge on any atom is -0.315 e. The monoisotopic (exact) mass is 263 g/mol. The number of hydroxylamine groups is 2. The van der Waals surface area contributed by atoms with Crippen molar-refractivity contribution in [1.82, 2.24) is 14.7 Å². The van der Waals surface area contributed by atoms with E-state index >= 15 is 0 Å². The molecule has 0 spiro atoms.